The van der Waals surface area contributed by atoms with Gasteiger partial charge >= 0.3 is 5.97 Å². The van der Waals surface area contributed by atoms with Gasteiger partial charge in [-0.25, -0.2) is 0 Å². The third-order valence-corrected chi connectivity index (χ3v) is 6.34. The molecule has 3 nitrogen and oxygen atoms in total. The minimum atomic E-state index is -1.24. The van der Waals surface area contributed by atoms with E-state index in [0.717, 1.165) is 40.6 Å². The Kier molecular flexibility index (Phi) is 9.53. The van der Waals surface area contributed by atoms with Crippen molar-refractivity contribution in [3.63, 3.8) is 0 Å². The Morgan fingerprint density at radius 2 is 1.55 bits per heavy atom. The van der Waals surface area contributed by atoms with Crippen molar-refractivity contribution in [2.24, 2.45) is 11.8 Å². The first-order chi connectivity index (χ1) is 16.5. The van der Waals surface area contributed by atoms with Crippen LogP contribution in [0.1, 0.15) is 23.6 Å². The van der Waals surface area contributed by atoms with Gasteiger partial charge in [-0.05, 0) is 54.6 Å². The van der Waals surface area contributed by atoms with Crippen LogP contribution in [0.5, 0.6) is 0 Å². The van der Waals surface area contributed by atoms with Gasteiger partial charge in [0.1, 0.15) is 0 Å². The summed E-state index contributed by atoms with van der Waals surface area (Å²) >= 11 is 1.02. The number of benzene rings is 3. The first kappa shape index (κ1) is 24.1. The van der Waals surface area contributed by atoms with Crippen LogP contribution in [0.25, 0.3) is 11.1 Å². The first-order valence-corrected chi connectivity index (χ1v) is 13.4. The van der Waals surface area contributed by atoms with Gasteiger partial charge in [0, 0.05) is 8.03 Å². The molecule has 0 aliphatic heterocycles. The molecule has 1 unspecified atom stereocenters. The Hall–Kier alpha value is -2.00. The lowest BCUT2D eigenvalue weighted by molar-refractivity contribution is -0.139. The van der Waals surface area contributed by atoms with Crippen molar-refractivity contribution in [1.29, 1.82) is 1.34 Å². The van der Waals surface area contributed by atoms with Crippen LogP contribution in [0.15, 0.2) is 78.9 Å². The van der Waals surface area contributed by atoms with Gasteiger partial charge in [0.2, 0.25) is 7.09 Å². The van der Waals surface area contributed by atoms with Gasteiger partial charge in [-0.1, -0.05) is 97.7 Å². The number of hydrogen-bond acceptors (Lipinski definition) is 4. The van der Waals surface area contributed by atoms with Gasteiger partial charge in [-0.3, -0.25) is 4.79 Å². The van der Waals surface area contributed by atoms with Crippen molar-refractivity contribution in [2.45, 2.75) is 26.4 Å². The standard InChI is InChI=1S/C26H28B2O3PS/c1-19(25(26(29)31-32(2)27)17-20-6-4-3-5-7-20)16-21-8-12-23(13-9-21)24-14-10-22(11-15-24)18-30-33-28/h3-15,19,25,28H,16-18H2,1-2H3/t19-,25-,32?/m0/s1/i28T. The first-order valence-electron chi connectivity index (χ1n) is 11.4. The van der Waals surface area contributed by atoms with Crippen LogP contribution >= 0.6 is 19.9 Å². The molecular formula is C26H28B2O3PS. The molecule has 0 fully saturated rings. The minimum absolute atomic E-state index is 0.103. The summed E-state index contributed by atoms with van der Waals surface area (Å²) < 4.78 is 17.7. The summed E-state index contributed by atoms with van der Waals surface area (Å²) in [4.78, 5) is 12.8. The van der Waals surface area contributed by atoms with Crippen LogP contribution in [0.3, 0.4) is 0 Å². The van der Waals surface area contributed by atoms with Crippen molar-refractivity contribution >= 4 is 40.5 Å². The topological polar surface area (TPSA) is 35.5 Å². The lowest BCUT2D eigenvalue weighted by Gasteiger charge is -2.24. The van der Waals surface area contributed by atoms with E-state index < -0.39 is 8.03 Å². The van der Waals surface area contributed by atoms with Crippen LogP contribution in [0, 0.1) is 11.8 Å². The SMILES string of the molecule is [3H][B]SOCc1ccc(-c2ccc(C[C@H](C)[C@H](Cc3ccccc3)C(=O)OP([B])C)cc2)cc1. The molecule has 0 bridgehead atoms. The Morgan fingerprint density at radius 3 is 2.12 bits per heavy atom. The summed E-state index contributed by atoms with van der Waals surface area (Å²) in [5.74, 6) is -0.366. The molecule has 0 saturated carbocycles. The number of hydrogen-bond donors (Lipinski definition) is 0. The molecule has 167 valence electrons. The normalized spacial score (nSPS) is 14.1. The molecule has 7 heteroatoms. The second-order valence-corrected chi connectivity index (χ2v) is 9.89. The van der Waals surface area contributed by atoms with Gasteiger partial charge in [-0.15, -0.1) is 0 Å². The third-order valence-electron chi connectivity index (χ3n) is 5.61. The molecule has 3 aromatic rings. The van der Waals surface area contributed by atoms with Gasteiger partial charge in [-0.2, -0.15) is 0 Å². The summed E-state index contributed by atoms with van der Waals surface area (Å²) in [6.45, 7) is 4.31. The zero-order valence-corrected chi connectivity index (χ0v) is 20.7. The number of carbonyl (C=O) groups is 1. The molecule has 0 aliphatic rings. The maximum Gasteiger partial charge on any atom is 0.311 e. The molecule has 3 radical (unpaired) electrons. The monoisotopic (exact) mass is 475 g/mol. The summed E-state index contributed by atoms with van der Waals surface area (Å²) in [5, 5.41) is 0. The fraction of sp³-hybridized carbons (Fsp3) is 0.269. The molecule has 3 rings (SSSR count). The van der Waals surface area contributed by atoms with Gasteiger partial charge < -0.3 is 8.71 Å². The molecule has 3 aromatic carbocycles. The van der Waals surface area contributed by atoms with Crippen LogP contribution in [-0.2, 0) is 32.9 Å². The van der Waals surface area contributed by atoms with E-state index in [9.17, 15) is 4.79 Å². The Bertz CT molecular complexity index is 1020. The predicted octanol–water partition coefficient (Wildman–Crippen LogP) is 6.03. The van der Waals surface area contributed by atoms with Gasteiger partial charge in [0.25, 0.3) is 0 Å². The fourth-order valence-corrected chi connectivity index (χ4v) is 4.46. The largest absolute Gasteiger partial charge is 0.457 e. The van der Waals surface area contributed by atoms with Crippen molar-refractivity contribution in [1.82, 2.24) is 0 Å². The Balaban J connectivity index is 1.66. The summed E-state index contributed by atoms with van der Waals surface area (Å²) in [5.41, 5.74) is 5.63. The smallest absolute Gasteiger partial charge is 0.311 e. The fourth-order valence-electron chi connectivity index (χ4n) is 3.84. The molecule has 33 heavy (non-hydrogen) atoms. The summed E-state index contributed by atoms with van der Waals surface area (Å²) in [6.07, 6.45) is 1.41. The molecule has 0 spiro atoms. The molecular weight excluding hydrogens is 445 g/mol. The van der Waals surface area contributed by atoms with E-state index in [4.69, 9.17) is 17.6 Å². The van der Waals surface area contributed by atoms with E-state index in [1.165, 1.54) is 12.7 Å². The van der Waals surface area contributed by atoms with E-state index >= 15 is 0 Å². The second-order valence-electron chi connectivity index (χ2n) is 8.19. The average molecular weight is 475 g/mol. The predicted molar refractivity (Wildman–Crippen MR) is 143 cm³/mol. The zero-order chi connectivity index (χ0) is 24.3. The highest BCUT2D eigenvalue weighted by molar-refractivity contribution is 8.15. The lowest BCUT2D eigenvalue weighted by atomic mass is 9.84. The molecule has 0 N–H and O–H groups in total. The highest BCUT2D eigenvalue weighted by Gasteiger charge is 2.27. The maximum atomic E-state index is 12.8. The second kappa shape index (κ2) is 13.0. The van der Waals surface area contributed by atoms with E-state index in [2.05, 4.69) is 43.3 Å². The van der Waals surface area contributed by atoms with Crippen LogP contribution in [0.2, 0.25) is 0 Å². The van der Waals surface area contributed by atoms with Crippen molar-refractivity contribution in [3.8, 4) is 11.1 Å². The lowest BCUT2D eigenvalue weighted by Crippen LogP contribution is -2.26. The van der Waals surface area contributed by atoms with Crippen LogP contribution in [-0.4, -0.2) is 28.6 Å². The average Bonchev–Trinajstić information content (AvgIpc) is 2.84. The Morgan fingerprint density at radius 1 is 0.970 bits per heavy atom. The number of carbonyl (C=O) groups excluding carboxylic acids is 1. The van der Waals surface area contributed by atoms with Gasteiger partial charge in [0.15, 0.2) is 7.57 Å². The molecule has 0 saturated heterocycles. The molecule has 0 aliphatic carbocycles. The quantitative estimate of drug-likeness (QED) is 0.139. The van der Waals surface area contributed by atoms with E-state index in [1.807, 2.05) is 42.5 Å². The van der Waals surface area contributed by atoms with Crippen molar-refractivity contribution < 1.29 is 13.5 Å². The summed E-state index contributed by atoms with van der Waals surface area (Å²) in [6, 6.07) is 26.8. The van der Waals surface area contributed by atoms with E-state index in [0.29, 0.717) is 13.0 Å². The molecule has 0 amide bonds. The third kappa shape index (κ3) is 8.07. The highest BCUT2D eigenvalue weighted by Crippen LogP contribution is 2.31. The molecule has 0 heterocycles. The molecule has 3 atom stereocenters. The van der Waals surface area contributed by atoms with E-state index in [-0.39, 0.29) is 17.8 Å². The van der Waals surface area contributed by atoms with Crippen molar-refractivity contribution in [3.05, 3.63) is 95.6 Å². The van der Waals surface area contributed by atoms with Crippen molar-refractivity contribution in [2.75, 3.05) is 6.66 Å². The highest BCUT2D eigenvalue weighted by atomic mass is 32.2. The summed E-state index contributed by atoms with van der Waals surface area (Å²) in [7, 11) is 5.73. The minimum Gasteiger partial charge on any atom is -0.457 e. The van der Waals surface area contributed by atoms with Crippen LogP contribution < -0.4 is 0 Å². The van der Waals surface area contributed by atoms with E-state index in [1.54, 1.807) is 6.66 Å². The maximum absolute atomic E-state index is 12.8. The number of rotatable bonds is 12. The van der Waals surface area contributed by atoms with Crippen LogP contribution in [0.4, 0.5) is 0 Å². The van der Waals surface area contributed by atoms with Gasteiger partial charge in [0.05, 0.1) is 12.5 Å². The zero-order valence-electron chi connectivity index (χ0n) is 20.0. The Labute approximate surface area is 206 Å². The molecule has 0 aromatic heterocycles.